The Morgan fingerprint density at radius 3 is 2.17 bits per heavy atom. The topological polar surface area (TPSA) is 72.8 Å². The lowest BCUT2D eigenvalue weighted by atomic mass is 9.90. The fourth-order valence-corrected chi connectivity index (χ4v) is 2.49. The zero-order valence-corrected chi connectivity index (χ0v) is 14.4. The maximum atomic E-state index is 11.9. The van der Waals surface area contributed by atoms with Gasteiger partial charge in [-0.15, -0.1) is 0 Å². The second-order valence-corrected chi connectivity index (χ2v) is 5.96. The largest absolute Gasteiger partial charge is 0.469 e. The van der Waals surface area contributed by atoms with Gasteiger partial charge < -0.3 is 14.6 Å². The van der Waals surface area contributed by atoms with Crippen molar-refractivity contribution in [1.29, 1.82) is 0 Å². The average molecular weight is 343 g/mol. The zero-order chi connectivity index (χ0) is 17.4. The summed E-state index contributed by atoms with van der Waals surface area (Å²) in [5.41, 5.74) is 0.685. The first kappa shape index (κ1) is 19.5. The fourth-order valence-electron chi connectivity index (χ4n) is 2.36. The number of methoxy groups -OCH3 is 2. The molecule has 0 bridgehead atoms. The molecule has 0 aliphatic heterocycles. The van der Waals surface area contributed by atoms with Crippen molar-refractivity contribution in [3.63, 3.8) is 0 Å². The summed E-state index contributed by atoms with van der Waals surface area (Å²) in [6.07, 6.45) is 0.347. The van der Waals surface area contributed by atoms with Crippen LogP contribution in [0.4, 0.5) is 0 Å². The first-order valence-electron chi connectivity index (χ1n) is 7.48. The van der Waals surface area contributed by atoms with Crippen molar-refractivity contribution in [2.75, 3.05) is 14.2 Å². The summed E-state index contributed by atoms with van der Waals surface area (Å²) in [6.45, 7) is 1.75. The second kappa shape index (κ2) is 9.53. The Balaban J connectivity index is 2.68. The van der Waals surface area contributed by atoms with Crippen molar-refractivity contribution >= 4 is 23.5 Å². The quantitative estimate of drug-likeness (QED) is 0.735. The first-order valence-corrected chi connectivity index (χ1v) is 7.86. The summed E-state index contributed by atoms with van der Waals surface area (Å²) in [5.74, 6) is -1.50. The number of aliphatic hydroxyl groups is 1. The van der Waals surface area contributed by atoms with E-state index < -0.39 is 18.0 Å². The number of ether oxygens (including phenoxy) is 2. The highest BCUT2D eigenvalue weighted by atomic mass is 35.5. The third-order valence-electron chi connectivity index (χ3n) is 3.85. The maximum Gasteiger partial charge on any atom is 0.308 e. The van der Waals surface area contributed by atoms with Gasteiger partial charge in [0.25, 0.3) is 0 Å². The minimum absolute atomic E-state index is 0.224. The lowest BCUT2D eigenvalue weighted by molar-refractivity contribution is -0.149. The lowest BCUT2D eigenvalue weighted by Crippen LogP contribution is -2.21. The van der Waals surface area contributed by atoms with Crippen molar-refractivity contribution < 1.29 is 24.2 Å². The highest BCUT2D eigenvalue weighted by Crippen LogP contribution is 2.27. The molecule has 0 spiro atoms. The van der Waals surface area contributed by atoms with Gasteiger partial charge in [0.2, 0.25) is 0 Å². The van der Waals surface area contributed by atoms with E-state index in [-0.39, 0.29) is 18.3 Å². The molecule has 1 aromatic carbocycles. The van der Waals surface area contributed by atoms with E-state index in [4.69, 9.17) is 16.3 Å². The molecule has 0 radical (unpaired) electrons. The number of esters is 2. The van der Waals surface area contributed by atoms with Crippen LogP contribution in [0.25, 0.3) is 0 Å². The third-order valence-corrected chi connectivity index (χ3v) is 4.10. The van der Waals surface area contributed by atoms with Gasteiger partial charge in [-0.2, -0.15) is 0 Å². The van der Waals surface area contributed by atoms with Gasteiger partial charge in [0, 0.05) is 5.02 Å². The van der Waals surface area contributed by atoms with Crippen LogP contribution in [-0.2, 0) is 19.1 Å². The summed E-state index contributed by atoms with van der Waals surface area (Å²) in [7, 11) is 2.65. The van der Waals surface area contributed by atoms with Crippen LogP contribution >= 0.6 is 11.6 Å². The first-order chi connectivity index (χ1) is 10.9. The minimum Gasteiger partial charge on any atom is -0.469 e. The summed E-state index contributed by atoms with van der Waals surface area (Å²) in [5, 5.41) is 10.9. The van der Waals surface area contributed by atoms with Gasteiger partial charge in [-0.3, -0.25) is 9.59 Å². The molecular formula is C17H23ClO5. The molecule has 0 heterocycles. The molecule has 0 saturated heterocycles. The molecule has 1 aromatic rings. The summed E-state index contributed by atoms with van der Waals surface area (Å²) < 4.78 is 9.48. The van der Waals surface area contributed by atoms with E-state index in [0.29, 0.717) is 23.4 Å². The number of hydrogen-bond acceptors (Lipinski definition) is 5. The van der Waals surface area contributed by atoms with E-state index in [1.165, 1.54) is 14.2 Å². The van der Waals surface area contributed by atoms with Gasteiger partial charge in [0.15, 0.2) is 0 Å². The number of halogens is 1. The molecule has 3 unspecified atom stereocenters. The molecule has 0 aliphatic carbocycles. The molecule has 0 amide bonds. The second-order valence-electron chi connectivity index (χ2n) is 5.52. The molecular weight excluding hydrogens is 320 g/mol. The van der Waals surface area contributed by atoms with Crippen molar-refractivity contribution in [2.45, 2.75) is 32.3 Å². The van der Waals surface area contributed by atoms with Crippen LogP contribution in [0.5, 0.6) is 0 Å². The van der Waals surface area contributed by atoms with Crippen LogP contribution < -0.4 is 0 Å². The van der Waals surface area contributed by atoms with Crippen LogP contribution in [-0.4, -0.2) is 31.3 Å². The van der Waals surface area contributed by atoms with Crippen molar-refractivity contribution in [2.24, 2.45) is 11.8 Å². The van der Waals surface area contributed by atoms with E-state index in [9.17, 15) is 14.7 Å². The molecule has 6 heteroatoms. The van der Waals surface area contributed by atoms with Gasteiger partial charge in [0.05, 0.1) is 32.2 Å². The normalized spacial score (nSPS) is 14.7. The SMILES string of the molecule is COC(=O)C(C)CCC(CC(O)c1ccc(Cl)cc1)C(=O)OC. The molecule has 5 nitrogen and oxygen atoms in total. The van der Waals surface area contributed by atoms with Crippen LogP contribution in [0.1, 0.15) is 37.9 Å². The molecule has 3 atom stereocenters. The molecule has 1 rings (SSSR count). The average Bonchev–Trinajstić information content (AvgIpc) is 2.57. The predicted octanol–water partition coefficient (Wildman–Crippen LogP) is 3.14. The van der Waals surface area contributed by atoms with Gasteiger partial charge in [-0.05, 0) is 37.0 Å². The van der Waals surface area contributed by atoms with Crippen LogP contribution in [0.2, 0.25) is 5.02 Å². The fraction of sp³-hybridized carbons (Fsp3) is 0.529. The molecule has 128 valence electrons. The van der Waals surface area contributed by atoms with E-state index in [1.807, 2.05) is 0 Å². The smallest absolute Gasteiger partial charge is 0.308 e. The van der Waals surface area contributed by atoms with Crippen molar-refractivity contribution in [1.82, 2.24) is 0 Å². The Hall–Kier alpha value is -1.59. The molecule has 0 saturated carbocycles. The summed E-state index contributed by atoms with van der Waals surface area (Å²) in [6, 6.07) is 6.82. The van der Waals surface area contributed by atoms with Gasteiger partial charge in [0.1, 0.15) is 0 Å². The molecule has 0 aromatic heterocycles. The molecule has 0 aliphatic rings. The minimum atomic E-state index is -0.801. The Morgan fingerprint density at radius 2 is 1.65 bits per heavy atom. The number of aliphatic hydroxyl groups excluding tert-OH is 1. The van der Waals surface area contributed by atoms with Crippen molar-refractivity contribution in [3.8, 4) is 0 Å². The van der Waals surface area contributed by atoms with E-state index in [2.05, 4.69) is 4.74 Å². The number of hydrogen-bond donors (Lipinski definition) is 1. The Kier molecular flexibility index (Phi) is 8.06. The van der Waals surface area contributed by atoms with Crippen LogP contribution in [0.15, 0.2) is 24.3 Å². The molecule has 23 heavy (non-hydrogen) atoms. The highest BCUT2D eigenvalue weighted by molar-refractivity contribution is 6.30. The third kappa shape index (κ3) is 6.20. The Morgan fingerprint density at radius 1 is 1.09 bits per heavy atom. The lowest BCUT2D eigenvalue weighted by Gasteiger charge is -2.20. The predicted molar refractivity (Wildman–Crippen MR) is 86.9 cm³/mol. The van der Waals surface area contributed by atoms with Crippen LogP contribution in [0, 0.1) is 11.8 Å². The number of rotatable bonds is 8. The van der Waals surface area contributed by atoms with E-state index in [1.54, 1.807) is 31.2 Å². The zero-order valence-electron chi connectivity index (χ0n) is 13.6. The highest BCUT2D eigenvalue weighted by Gasteiger charge is 2.25. The molecule has 0 fully saturated rings. The molecule has 1 N–H and O–H groups in total. The monoisotopic (exact) mass is 342 g/mol. The van der Waals surface area contributed by atoms with E-state index in [0.717, 1.165) is 0 Å². The summed E-state index contributed by atoms with van der Waals surface area (Å²) in [4.78, 5) is 23.4. The van der Waals surface area contributed by atoms with Crippen molar-refractivity contribution in [3.05, 3.63) is 34.9 Å². The van der Waals surface area contributed by atoms with Gasteiger partial charge in [-0.25, -0.2) is 0 Å². The Bertz CT molecular complexity index is 514. The maximum absolute atomic E-state index is 11.9. The number of benzene rings is 1. The number of carbonyl (C=O) groups is 2. The summed E-state index contributed by atoms with van der Waals surface area (Å²) >= 11 is 5.82. The standard InChI is InChI=1S/C17H23ClO5/c1-11(16(20)22-2)4-5-13(17(21)23-3)10-15(19)12-6-8-14(18)9-7-12/h6-9,11,13,15,19H,4-5,10H2,1-3H3. The van der Waals surface area contributed by atoms with Gasteiger partial charge in [-0.1, -0.05) is 30.7 Å². The van der Waals surface area contributed by atoms with Crippen LogP contribution in [0.3, 0.4) is 0 Å². The number of carbonyl (C=O) groups excluding carboxylic acids is 2. The van der Waals surface area contributed by atoms with Gasteiger partial charge >= 0.3 is 11.9 Å². The Labute approximate surface area is 141 Å². The van der Waals surface area contributed by atoms with E-state index >= 15 is 0 Å².